The summed E-state index contributed by atoms with van der Waals surface area (Å²) in [5.74, 6) is 0.678. The number of nitrogens with one attached hydrogen (secondary N) is 1. The van der Waals surface area contributed by atoms with Gasteiger partial charge < -0.3 is 19.1 Å². The summed E-state index contributed by atoms with van der Waals surface area (Å²) in [5.41, 5.74) is 0.636. The molecule has 0 saturated heterocycles. The van der Waals surface area contributed by atoms with Crippen molar-refractivity contribution >= 4 is 11.8 Å². The summed E-state index contributed by atoms with van der Waals surface area (Å²) in [6, 6.07) is 7.52. The molecule has 1 unspecified atom stereocenters. The molecule has 6 heteroatoms. The smallest absolute Gasteiger partial charge is 0.412 e. The van der Waals surface area contributed by atoms with E-state index in [4.69, 9.17) is 14.2 Å². The van der Waals surface area contributed by atoms with Crippen LogP contribution in [0.1, 0.15) is 79.1 Å². The molecule has 1 atom stereocenters. The second-order valence-electron chi connectivity index (χ2n) is 8.18. The molecule has 6 nitrogen and oxygen atoms in total. The predicted octanol–water partition coefficient (Wildman–Crippen LogP) is 6.50. The van der Waals surface area contributed by atoms with Gasteiger partial charge in [-0.1, -0.05) is 78.4 Å². The number of amides is 1. The van der Waals surface area contributed by atoms with Gasteiger partial charge >= 0.3 is 6.09 Å². The van der Waals surface area contributed by atoms with Gasteiger partial charge in [0.1, 0.15) is 11.9 Å². The lowest BCUT2D eigenvalue weighted by Gasteiger charge is -2.25. The largest absolute Gasteiger partial charge is 0.491 e. The van der Waals surface area contributed by atoms with Crippen LogP contribution in [0.15, 0.2) is 24.3 Å². The average Bonchev–Trinajstić information content (AvgIpc) is 2.80. The van der Waals surface area contributed by atoms with Crippen LogP contribution in [0.5, 0.6) is 5.75 Å². The molecule has 0 aliphatic heterocycles. The molecule has 32 heavy (non-hydrogen) atoms. The molecule has 0 saturated carbocycles. The highest BCUT2D eigenvalue weighted by atomic mass is 16.6. The lowest BCUT2D eigenvalue weighted by molar-refractivity contribution is 0.00804. The third-order valence-electron chi connectivity index (χ3n) is 5.46. The van der Waals surface area contributed by atoms with Crippen molar-refractivity contribution in [3.05, 3.63) is 24.3 Å². The van der Waals surface area contributed by atoms with E-state index in [9.17, 15) is 4.79 Å². The number of rotatable bonds is 19. The fourth-order valence-electron chi connectivity index (χ4n) is 3.41. The van der Waals surface area contributed by atoms with Crippen molar-refractivity contribution in [3.63, 3.8) is 0 Å². The lowest BCUT2D eigenvalue weighted by atomic mass is 10.1. The number of carbonyl (C=O) groups excluding carboxylic acids is 1. The monoisotopic (exact) mass is 450 g/mol. The molecule has 0 radical (unpaired) electrons. The Hall–Kier alpha value is -1.79. The normalized spacial score (nSPS) is 12.0. The number of hydrogen-bond donors (Lipinski definition) is 1. The number of para-hydroxylation sites is 2. The molecular formula is C26H46N2O4. The maximum absolute atomic E-state index is 12.6. The molecule has 1 amide bonds. The minimum atomic E-state index is -0.475. The number of unbranched alkanes of at least 4 members (excludes halogenated alkanes) is 6. The zero-order chi connectivity index (χ0) is 23.4. The van der Waals surface area contributed by atoms with Crippen molar-refractivity contribution in [1.29, 1.82) is 0 Å². The Morgan fingerprint density at radius 2 is 1.59 bits per heavy atom. The second kappa shape index (κ2) is 18.8. The van der Waals surface area contributed by atoms with Crippen molar-refractivity contribution in [1.82, 2.24) is 4.90 Å². The Labute approximate surface area is 196 Å². The molecule has 0 aliphatic rings. The number of anilines is 1. The molecule has 0 bridgehead atoms. The molecular weight excluding hydrogens is 404 g/mol. The first-order chi connectivity index (χ1) is 15.6. The number of likely N-dealkylation sites (N-methyl/N-ethyl adjacent to an activating group) is 1. The maximum Gasteiger partial charge on any atom is 0.412 e. The zero-order valence-electron chi connectivity index (χ0n) is 20.9. The third kappa shape index (κ3) is 12.9. The molecule has 1 rings (SSSR count). The Morgan fingerprint density at radius 3 is 2.31 bits per heavy atom. The average molecular weight is 451 g/mol. The molecule has 1 aromatic carbocycles. The SMILES string of the molecule is CCCCCCCCOc1ccccc1NC(=O)OC(COCCCC)CN(CC)CC. The van der Waals surface area contributed by atoms with Crippen molar-refractivity contribution in [2.24, 2.45) is 0 Å². The summed E-state index contributed by atoms with van der Waals surface area (Å²) in [6.07, 6.45) is 8.58. The molecule has 184 valence electrons. The fraction of sp³-hybridized carbons (Fsp3) is 0.731. The van der Waals surface area contributed by atoms with Gasteiger partial charge in [0.05, 0.1) is 18.9 Å². The van der Waals surface area contributed by atoms with Crippen LogP contribution in [0.25, 0.3) is 0 Å². The van der Waals surface area contributed by atoms with Crippen LogP contribution in [0.2, 0.25) is 0 Å². The van der Waals surface area contributed by atoms with Crippen LogP contribution in [0, 0.1) is 0 Å². The summed E-state index contributed by atoms with van der Waals surface area (Å²) in [7, 11) is 0. The third-order valence-corrected chi connectivity index (χ3v) is 5.46. The standard InChI is InChI=1S/C26H46N2O4/c1-5-9-11-12-13-16-20-31-25-18-15-14-17-24(25)27-26(29)32-23(21-28(7-3)8-4)22-30-19-10-6-2/h14-15,17-18,23H,5-13,16,19-22H2,1-4H3,(H,27,29). The Balaban J connectivity index is 2.55. The van der Waals surface area contributed by atoms with Gasteiger partial charge in [-0.3, -0.25) is 5.32 Å². The van der Waals surface area contributed by atoms with Crippen molar-refractivity contribution in [2.75, 3.05) is 44.8 Å². The highest BCUT2D eigenvalue weighted by Crippen LogP contribution is 2.24. The van der Waals surface area contributed by atoms with E-state index < -0.39 is 6.09 Å². The van der Waals surface area contributed by atoms with Gasteiger partial charge in [-0.2, -0.15) is 0 Å². The van der Waals surface area contributed by atoms with Gasteiger partial charge in [0.2, 0.25) is 0 Å². The van der Waals surface area contributed by atoms with E-state index in [1.54, 1.807) is 0 Å². The minimum absolute atomic E-state index is 0.317. The Bertz CT molecular complexity index is 593. The summed E-state index contributed by atoms with van der Waals surface area (Å²) in [4.78, 5) is 14.9. The van der Waals surface area contributed by atoms with Gasteiger partial charge in [-0.25, -0.2) is 4.79 Å². The first-order valence-corrected chi connectivity index (χ1v) is 12.6. The highest BCUT2D eigenvalue weighted by molar-refractivity contribution is 5.86. The van der Waals surface area contributed by atoms with Crippen LogP contribution in [0.3, 0.4) is 0 Å². The van der Waals surface area contributed by atoms with Crippen LogP contribution < -0.4 is 10.1 Å². The van der Waals surface area contributed by atoms with Gasteiger partial charge in [0.15, 0.2) is 0 Å². The summed E-state index contributed by atoms with van der Waals surface area (Å²) in [6.45, 7) is 12.8. The fourth-order valence-corrected chi connectivity index (χ4v) is 3.41. The van der Waals surface area contributed by atoms with Crippen molar-refractivity contribution in [3.8, 4) is 5.75 Å². The number of ether oxygens (including phenoxy) is 3. The molecule has 0 aliphatic carbocycles. The summed E-state index contributed by atoms with van der Waals surface area (Å²) < 4.78 is 17.4. The first kappa shape index (κ1) is 28.2. The van der Waals surface area contributed by atoms with E-state index in [1.807, 2.05) is 24.3 Å². The van der Waals surface area contributed by atoms with Crippen LogP contribution in [-0.2, 0) is 9.47 Å². The topological polar surface area (TPSA) is 60.0 Å². The van der Waals surface area contributed by atoms with Gasteiger partial charge in [-0.05, 0) is 38.1 Å². The van der Waals surface area contributed by atoms with E-state index >= 15 is 0 Å². The van der Waals surface area contributed by atoms with Gasteiger partial charge in [-0.15, -0.1) is 0 Å². The second-order valence-corrected chi connectivity index (χ2v) is 8.18. The van der Waals surface area contributed by atoms with E-state index in [-0.39, 0.29) is 6.10 Å². The zero-order valence-corrected chi connectivity index (χ0v) is 20.9. The lowest BCUT2D eigenvalue weighted by Crippen LogP contribution is -2.38. The molecule has 0 fully saturated rings. The molecule has 0 spiro atoms. The van der Waals surface area contributed by atoms with Crippen LogP contribution in [0.4, 0.5) is 10.5 Å². The minimum Gasteiger partial charge on any atom is -0.491 e. The first-order valence-electron chi connectivity index (χ1n) is 12.6. The van der Waals surface area contributed by atoms with Crippen LogP contribution in [-0.4, -0.2) is 56.6 Å². The maximum atomic E-state index is 12.6. The summed E-state index contributed by atoms with van der Waals surface area (Å²) in [5, 5.41) is 2.86. The van der Waals surface area contributed by atoms with E-state index in [0.717, 1.165) is 32.4 Å². The Kier molecular flexibility index (Phi) is 16.5. The van der Waals surface area contributed by atoms with Crippen LogP contribution >= 0.6 is 0 Å². The van der Waals surface area contributed by atoms with E-state index in [2.05, 4.69) is 37.9 Å². The number of benzene rings is 1. The summed E-state index contributed by atoms with van der Waals surface area (Å²) >= 11 is 0. The molecule has 0 aromatic heterocycles. The predicted molar refractivity (Wildman–Crippen MR) is 133 cm³/mol. The Morgan fingerprint density at radius 1 is 0.906 bits per heavy atom. The van der Waals surface area contributed by atoms with Gasteiger partial charge in [0.25, 0.3) is 0 Å². The van der Waals surface area contributed by atoms with Crippen molar-refractivity contribution < 1.29 is 19.0 Å². The quantitative estimate of drug-likeness (QED) is 0.244. The molecule has 0 heterocycles. The molecule has 1 N–H and O–H groups in total. The number of nitrogens with zero attached hydrogens (tertiary/aromatic N) is 1. The number of carbonyl (C=O) groups is 1. The van der Waals surface area contributed by atoms with Gasteiger partial charge in [0, 0.05) is 13.2 Å². The van der Waals surface area contributed by atoms with E-state index in [1.165, 1.54) is 32.1 Å². The van der Waals surface area contributed by atoms with Crippen molar-refractivity contribution in [2.45, 2.75) is 85.2 Å². The molecule has 1 aromatic rings. The van der Waals surface area contributed by atoms with E-state index in [0.29, 0.717) is 37.8 Å². The number of hydrogen-bond acceptors (Lipinski definition) is 5. The highest BCUT2D eigenvalue weighted by Gasteiger charge is 2.19.